The monoisotopic (exact) mass is 394 g/mol. The maximum absolute atomic E-state index is 14.1. The van der Waals surface area contributed by atoms with Gasteiger partial charge in [-0.05, 0) is 29.8 Å². The lowest BCUT2D eigenvalue weighted by molar-refractivity contribution is -0.123. The zero-order valence-corrected chi connectivity index (χ0v) is 15.0. The molecule has 0 saturated carbocycles. The van der Waals surface area contributed by atoms with Crippen LogP contribution in [-0.2, 0) is 11.3 Å². The van der Waals surface area contributed by atoms with Gasteiger partial charge in [-0.3, -0.25) is 9.69 Å². The number of hydrogen-bond acceptors (Lipinski definition) is 3. The van der Waals surface area contributed by atoms with Crippen molar-refractivity contribution >= 4 is 40.5 Å². The second-order valence-electron chi connectivity index (χ2n) is 6.22. The molecule has 1 fully saturated rings. The number of nitrogens with one attached hydrogen (secondary N) is 2. The Balaban J connectivity index is 1.62. The summed E-state index contributed by atoms with van der Waals surface area (Å²) < 4.78 is 14.1. The standard InChI is InChI=1S/C20H12ClFN4O2/c21-15-6-5-14-13(9-24-18(14)17(15)22)7-16-19(27)26(20(28)25-16)10-12-3-1-11(8-23)2-4-12/h1-7,9,24H,10H2,(H,25,28)/b16-7-. The van der Waals surface area contributed by atoms with Crippen molar-refractivity contribution in [3.05, 3.63) is 75.8 Å². The number of carbonyl (C=O) groups is 2. The van der Waals surface area contributed by atoms with Crippen molar-refractivity contribution in [3.8, 4) is 6.07 Å². The molecule has 3 amide bonds. The smallest absolute Gasteiger partial charge is 0.329 e. The zero-order valence-electron chi connectivity index (χ0n) is 14.3. The van der Waals surface area contributed by atoms with Crippen LogP contribution in [-0.4, -0.2) is 21.8 Å². The molecular weight excluding hydrogens is 383 g/mol. The maximum Gasteiger partial charge on any atom is 0.329 e. The number of urea groups is 1. The van der Waals surface area contributed by atoms with Crippen LogP contribution in [0.25, 0.3) is 17.0 Å². The minimum Gasteiger partial charge on any atom is -0.358 e. The molecule has 0 spiro atoms. The number of benzene rings is 2. The summed E-state index contributed by atoms with van der Waals surface area (Å²) in [6, 6.07) is 11.2. The molecule has 2 N–H and O–H groups in total. The normalized spacial score (nSPS) is 15.3. The quantitative estimate of drug-likeness (QED) is 0.521. The molecular formula is C20H12ClFN4O2. The van der Waals surface area contributed by atoms with E-state index >= 15 is 0 Å². The van der Waals surface area contributed by atoms with Crippen molar-refractivity contribution < 1.29 is 14.0 Å². The van der Waals surface area contributed by atoms with Crippen molar-refractivity contribution in [2.24, 2.45) is 0 Å². The Kier molecular flexibility index (Phi) is 4.34. The van der Waals surface area contributed by atoms with Gasteiger partial charge in [0.2, 0.25) is 0 Å². The Bertz CT molecular complexity index is 1190. The molecule has 1 aliphatic heterocycles. The van der Waals surface area contributed by atoms with E-state index in [0.717, 1.165) is 4.90 Å². The number of nitriles is 1. The molecule has 0 radical (unpaired) electrons. The van der Waals surface area contributed by atoms with E-state index in [9.17, 15) is 14.0 Å². The number of amides is 3. The van der Waals surface area contributed by atoms with Crippen LogP contribution in [0.1, 0.15) is 16.7 Å². The highest BCUT2D eigenvalue weighted by Gasteiger charge is 2.33. The van der Waals surface area contributed by atoms with E-state index in [1.807, 2.05) is 6.07 Å². The molecule has 4 rings (SSSR count). The minimum atomic E-state index is -0.576. The molecule has 1 aromatic heterocycles. The van der Waals surface area contributed by atoms with E-state index in [-0.39, 0.29) is 22.8 Å². The highest BCUT2D eigenvalue weighted by Crippen LogP contribution is 2.28. The fourth-order valence-electron chi connectivity index (χ4n) is 3.02. The largest absolute Gasteiger partial charge is 0.358 e. The fourth-order valence-corrected chi connectivity index (χ4v) is 3.17. The Morgan fingerprint density at radius 1 is 1.18 bits per heavy atom. The third kappa shape index (κ3) is 3.00. The molecule has 0 bridgehead atoms. The molecule has 0 unspecified atom stereocenters. The third-order valence-corrected chi connectivity index (χ3v) is 4.76. The molecule has 2 aromatic carbocycles. The first-order valence-electron chi connectivity index (χ1n) is 8.26. The van der Waals surface area contributed by atoms with Gasteiger partial charge in [-0.25, -0.2) is 9.18 Å². The van der Waals surface area contributed by atoms with Gasteiger partial charge >= 0.3 is 6.03 Å². The lowest BCUT2D eigenvalue weighted by atomic mass is 10.1. The van der Waals surface area contributed by atoms with Crippen LogP contribution in [0, 0.1) is 17.1 Å². The molecule has 3 aromatic rings. The van der Waals surface area contributed by atoms with Crippen molar-refractivity contribution in [1.29, 1.82) is 5.26 Å². The van der Waals surface area contributed by atoms with Crippen LogP contribution < -0.4 is 5.32 Å². The van der Waals surface area contributed by atoms with E-state index in [4.69, 9.17) is 16.9 Å². The summed E-state index contributed by atoms with van der Waals surface area (Å²) in [5.41, 5.74) is 2.08. The first-order chi connectivity index (χ1) is 13.5. The van der Waals surface area contributed by atoms with Crippen LogP contribution in [0.3, 0.4) is 0 Å². The van der Waals surface area contributed by atoms with E-state index in [1.165, 1.54) is 12.1 Å². The zero-order chi connectivity index (χ0) is 19.8. The molecule has 1 aliphatic rings. The molecule has 28 heavy (non-hydrogen) atoms. The molecule has 2 heterocycles. The SMILES string of the molecule is N#Cc1ccc(CN2C(=O)N/C(=C\c3c[nH]c4c(F)c(Cl)ccc34)C2=O)cc1. The van der Waals surface area contributed by atoms with Gasteiger partial charge in [0.05, 0.1) is 28.7 Å². The highest BCUT2D eigenvalue weighted by atomic mass is 35.5. The first kappa shape index (κ1) is 17.8. The van der Waals surface area contributed by atoms with Crippen molar-refractivity contribution in [2.75, 3.05) is 0 Å². The molecule has 1 saturated heterocycles. The number of aromatic nitrogens is 1. The Morgan fingerprint density at radius 2 is 1.93 bits per heavy atom. The first-order valence-corrected chi connectivity index (χ1v) is 8.64. The lowest BCUT2D eigenvalue weighted by Crippen LogP contribution is -2.30. The number of H-pyrrole nitrogens is 1. The number of rotatable bonds is 3. The molecule has 6 nitrogen and oxygen atoms in total. The van der Waals surface area contributed by atoms with Crippen LogP contribution in [0.15, 0.2) is 48.3 Å². The van der Waals surface area contributed by atoms with Crippen LogP contribution in [0.5, 0.6) is 0 Å². The predicted octanol–water partition coefficient (Wildman–Crippen LogP) is 3.92. The number of nitrogens with zero attached hydrogens (tertiary/aromatic N) is 2. The topological polar surface area (TPSA) is 89.0 Å². The van der Waals surface area contributed by atoms with E-state index in [0.29, 0.717) is 22.1 Å². The van der Waals surface area contributed by atoms with Crippen LogP contribution in [0.2, 0.25) is 5.02 Å². The van der Waals surface area contributed by atoms with Gasteiger partial charge in [-0.2, -0.15) is 5.26 Å². The van der Waals surface area contributed by atoms with Gasteiger partial charge in [0.1, 0.15) is 5.70 Å². The van der Waals surface area contributed by atoms with E-state index in [2.05, 4.69) is 10.3 Å². The second-order valence-corrected chi connectivity index (χ2v) is 6.62. The maximum atomic E-state index is 14.1. The summed E-state index contributed by atoms with van der Waals surface area (Å²) >= 11 is 5.78. The Hall–Kier alpha value is -3.63. The van der Waals surface area contributed by atoms with Gasteiger partial charge in [0, 0.05) is 17.1 Å². The molecule has 0 aliphatic carbocycles. The summed E-state index contributed by atoms with van der Waals surface area (Å²) in [5.74, 6) is -1.06. The average molecular weight is 395 g/mol. The van der Waals surface area contributed by atoms with Gasteiger partial charge < -0.3 is 10.3 Å². The summed E-state index contributed by atoms with van der Waals surface area (Å²) in [5, 5.41) is 11.9. The molecule has 8 heteroatoms. The van der Waals surface area contributed by atoms with Crippen molar-refractivity contribution in [2.45, 2.75) is 6.54 Å². The minimum absolute atomic E-state index is 0.00705. The number of imide groups is 1. The summed E-state index contributed by atoms with van der Waals surface area (Å²) in [6.07, 6.45) is 3.03. The molecule has 0 atom stereocenters. The fraction of sp³-hybridized carbons (Fsp3) is 0.0500. The van der Waals surface area contributed by atoms with Crippen molar-refractivity contribution in [3.63, 3.8) is 0 Å². The van der Waals surface area contributed by atoms with E-state index in [1.54, 1.807) is 36.5 Å². The third-order valence-electron chi connectivity index (χ3n) is 4.46. The lowest BCUT2D eigenvalue weighted by Gasteiger charge is -2.11. The van der Waals surface area contributed by atoms with Crippen LogP contribution >= 0.6 is 11.6 Å². The van der Waals surface area contributed by atoms with Gasteiger partial charge in [-0.15, -0.1) is 0 Å². The summed E-state index contributed by atoms with van der Waals surface area (Å²) in [4.78, 5) is 28.7. The Labute approximate surface area is 163 Å². The van der Waals surface area contributed by atoms with Gasteiger partial charge in [-0.1, -0.05) is 29.8 Å². The van der Waals surface area contributed by atoms with Gasteiger partial charge in [0.15, 0.2) is 5.82 Å². The number of halogens is 2. The summed E-state index contributed by atoms with van der Waals surface area (Å²) in [7, 11) is 0. The van der Waals surface area contributed by atoms with E-state index < -0.39 is 17.8 Å². The van der Waals surface area contributed by atoms with Crippen LogP contribution in [0.4, 0.5) is 9.18 Å². The van der Waals surface area contributed by atoms with Gasteiger partial charge in [0.25, 0.3) is 5.91 Å². The average Bonchev–Trinajstić information content (AvgIpc) is 3.22. The number of fused-ring (bicyclic) bond motifs is 1. The number of aromatic amines is 1. The number of hydrogen-bond donors (Lipinski definition) is 2. The number of carbonyl (C=O) groups excluding carboxylic acids is 2. The second kappa shape index (κ2) is 6.83. The van der Waals surface area contributed by atoms with Crippen molar-refractivity contribution in [1.82, 2.24) is 15.2 Å². The summed E-state index contributed by atoms with van der Waals surface area (Å²) in [6.45, 7) is 0.0752. The highest BCUT2D eigenvalue weighted by molar-refractivity contribution is 6.31. The Morgan fingerprint density at radius 3 is 2.64 bits per heavy atom. The predicted molar refractivity (Wildman–Crippen MR) is 101 cm³/mol. The molecule has 138 valence electrons.